The smallest absolute Gasteiger partial charge is 0.325 e. The Labute approximate surface area is 116 Å². The quantitative estimate of drug-likeness (QED) is 0.848. The van der Waals surface area contributed by atoms with Gasteiger partial charge < -0.3 is 5.32 Å². The fraction of sp³-hybridized carbons (Fsp3) is 0.400. The van der Waals surface area contributed by atoms with Crippen LogP contribution in [0.4, 0.5) is 18.9 Å². The molecule has 0 radical (unpaired) electrons. The average molecular weight is 285 g/mol. The molecule has 0 bridgehead atoms. The first-order chi connectivity index (χ1) is 8.93. The standard InChI is InChI=1S/C15H18F3NO/c1-9-6-7-11(10(2)15(16,17)18)12(8-9)19-13(20)14(3,4)5/h6-8H,2H2,1,3-5H3,(H,19,20). The SMILES string of the molecule is C=C(c1ccc(C)cc1NC(=O)C(C)(C)C)C(F)(F)F. The summed E-state index contributed by atoms with van der Waals surface area (Å²) >= 11 is 0. The molecule has 20 heavy (non-hydrogen) atoms. The Hall–Kier alpha value is -1.78. The van der Waals surface area contributed by atoms with Gasteiger partial charge in [0.15, 0.2) is 0 Å². The van der Waals surface area contributed by atoms with E-state index in [0.29, 0.717) is 0 Å². The van der Waals surface area contributed by atoms with Crippen LogP contribution in [0, 0.1) is 12.3 Å². The van der Waals surface area contributed by atoms with Gasteiger partial charge in [-0.15, -0.1) is 0 Å². The first kappa shape index (κ1) is 16.3. The molecule has 0 aliphatic carbocycles. The summed E-state index contributed by atoms with van der Waals surface area (Å²) < 4.78 is 38.3. The molecule has 0 unspecified atom stereocenters. The van der Waals surface area contributed by atoms with Gasteiger partial charge in [-0.2, -0.15) is 13.2 Å². The number of anilines is 1. The molecule has 0 heterocycles. The highest BCUT2D eigenvalue weighted by molar-refractivity contribution is 5.97. The zero-order chi connectivity index (χ0) is 15.7. The maximum atomic E-state index is 12.8. The summed E-state index contributed by atoms with van der Waals surface area (Å²) in [5, 5.41) is 2.54. The van der Waals surface area contributed by atoms with E-state index >= 15 is 0 Å². The monoisotopic (exact) mass is 285 g/mol. The van der Waals surface area contributed by atoms with Crippen molar-refractivity contribution in [2.45, 2.75) is 33.9 Å². The molecule has 1 aromatic carbocycles. The number of amides is 1. The van der Waals surface area contributed by atoms with E-state index in [1.54, 1.807) is 33.8 Å². The lowest BCUT2D eigenvalue weighted by Crippen LogP contribution is -2.28. The first-order valence-electron chi connectivity index (χ1n) is 6.11. The van der Waals surface area contributed by atoms with E-state index < -0.39 is 17.2 Å². The maximum Gasteiger partial charge on any atom is 0.416 e. The van der Waals surface area contributed by atoms with E-state index in [1.165, 1.54) is 12.1 Å². The third-order valence-electron chi connectivity index (χ3n) is 2.77. The molecule has 1 amide bonds. The topological polar surface area (TPSA) is 29.1 Å². The number of hydrogen-bond donors (Lipinski definition) is 1. The molecule has 0 aromatic heterocycles. The number of halogens is 3. The van der Waals surface area contributed by atoms with Crippen LogP contribution in [0.3, 0.4) is 0 Å². The maximum absolute atomic E-state index is 12.8. The Balaban J connectivity index is 3.22. The molecule has 1 aromatic rings. The van der Waals surface area contributed by atoms with Gasteiger partial charge in [-0.05, 0) is 18.6 Å². The zero-order valence-corrected chi connectivity index (χ0v) is 12.0. The van der Waals surface area contributed by atoms with E-state index in [-0.39, 0.29) is 17.2 Å². The van der Waals surface area contributed by atoms with Gasteiger partial charge in [0.1, 0.15) is 0 Å². The van der Waals surface area contributed by atoms with Crippen LogP contribution in [0.5, 0.6) is 0 Å². The van der Waals surface area contributed by atoms with Crippen LogP contribution >= 0.6 is 0 Å². The average Bonchev–Trinajstić information content (AvgIpc) is 2.25. The van der Waals surface area contributed by atoms with Gasteiger partial charge in [0, 0.05) is 16.7 Å². The highest BCUT2D eigenvalue weighted by Gasteiger charge is 2.34. The van der Waals surface area contributed by atoms with Crippen molar-refractivity contribution in [1.82, 2.24) is 0 Å². The van der Waals surface area contributed by atoms with Crippen LogP contribution in [0.25, 0.3) is 5.57 Å². The minimum Gasteiger partial charge on any atom is -0.325 e. The highest BCUT2D eigenvalue weighted by atomic mass is 19.4. The lowest BCUT2D eigenvalue weighted by atomic mass is 9.94. The number of carbonyl (C=O) groups excluding carboxylic acids is 1. The molecule has 0 atom stereocenters. The van der Waals surface area contributed by atoms with Crippen LogP contribution in [0.1, 0.15) is 31.9 Å². The molecule has 1 rings (SSSR count). The summed E-state index contributed by atoms with van der Waals surface area (Å²) in [5.41, 5.74) is -0.886. The van der Waals surface area contributed by atoms with Crippen LogP contribution < -0.4 is 5.32 Å². The number of benzene rings is 1. The molecule has 110 valence electrons. The number of nitrogens with one attached hydrogen (secondary N) is 1. The van der Waals surface area contributed by atoms with Crippen molar-refractivity contribution in [2.24, 2.45) is 5.41 Å². The van der Waals surface area contributed by atoms with Gasteiger partial charge in [-0.1, -0.05) is 39.5 Å². The predicted octanol–water partition coefficient (Wildman–Crippen LogP) is 4.56. The second kappa shape index (κ2) is 5.31. The molecule has 5 heteroatoms. The lowest BCUT2D eigenvalue weighted by molar-refractivity contribution is -0.123. The molecule has 2 nitrogen and oxygen atoms in total. The number of alkyl halides is 3. The number of carbonyl (C=O) groups is 1. The summed E-state index contributed by atoms with van der Waals surface area (Å²) in [7, 11) is 0. The second-order valence-corrected chi connectivity index (χ2v) is 5.73. The predicted molar refractivity (Wildman–Crippen MR) is 74.4 cm³/mol. The van der Waals surface area contributed by atoms with E-state index in [9.17, 15) is 18.0 Å². The van der Waals surface area contributed by atoms with Crippen LogP contribution in [-0.2, 0) is 4.79 Å². The highest BCUT2D eigenvalue weighted by Crippen LogP contribution is 2.36. The fourth-order valence-electron chi connectivity index (χ4n) is 1.49. The van der Waals surface area contributed by atoms with Crippen molar-refractivity contribution >= 4 is 17.2 Å². The molecule has 0 spiro atoms. The summed E-state index contributed by atoms with van der Waals surface area (Å²) in [6.07, 6.45) is -4.53. The normalized spacial score (nSPS) is 12.2. The van der Waals surface area contributed by atoms with Crippen molar-refractivity contribution in [3.63, 3.8) is 0 Å². The molecular weight excluding hydrogens is 267 g/mol. The Morgan fingerprint density at radius 2 is 1.75 bits per heavy atom. The Bertz CT molecular complexity index is 539. The fourth-order valence-corrected chi connectivity index (χ4v) is 1.49. The van der Waals surface area contributed by atoms with E-state index in [0.717, 1.165) is 5.56 Å². The number of aryl methyl sites for hydroxylation is 1. The van der Waals surface area contributed by atoms with Gasteiger partial charge in [0.2, 0.25) is 5.91 Å². The second-order valence-electron chi connectivity index (χ2n) is 5.73. The van der Waals surface area contributed by atoms with Gasteiger partial charge in [0.25, 0.3) is 0 Å². The largest absolute Gasteiger partial charge is 0.416 e. The van der Waals surface area contributed by atoms with Crippen molar-refractivity contribution in [1.29, 1.82) is 0 Å². The van der Waals surface area contributed by atoms with Gasteiger partial charge in [-0.25, -0.2) is 0 Å². The molecular formula is C15H18F3NO. The molecule has 0 aliphatic heterocycles. The summed E-state index contributed by atoms with van der Waals surface area (Å²) in [4.78, 5) is 11.9. The van der Waals surface area contributed by atoms with E-state index in [2.05, 4.69) is 11.9 Å². The third kappa shape index (κ3) is 3.85. The number of rotatable bonds is 2. The zero-order valence-electron chi connectivity index (χ0n) is 12.0. The van der Waals surface area contributed by atoms with Gasteiger partial charge >= 0.3 is 6.18 Å². The Morgan fingerprint density at radius 1 is 1.20 bits per heavy atom. The minimum atomic E-state index is -4.53. The van der Waals surface area contributed by atoms with Crippen molar-refractivity contribution in [3.8, 4) is 0 Å². The van der Waals surface area contributed by atoms with E-state index in [4.69, 9.17) is 0 Å². The molecule has 1 N–H and O–H groups in total. The van der Waals surface area contributed by atoms with Crippen molar-refractivity contribution in [3.05, 3.63) is 35.9 Å². The van der Waals surface area contributed by atoms with Crippen LogP contribution in [0.15, 0.2) is 24.8 Å². The number of allylic oxidation sites excluding steroid dienone is 1. The van der Waals surface area contributed by atoms with Crippen LogP contribution in [0.2, 0.25) is 0 Å². The molecule has 0 aliphatic rings. The lowest BCUT2D eigenvalue weighted by Gasteiger charge is -2.21. The van der Waals surface area contributed by atoms with Gasteiger partial charge in [-0.3, -0.25) is 4.79 Å². The molecule has 0 fully saturated rings. The number of hydrogen-bond acceptors (Lipinski definition) is 1. The van der Waals surface area contributed by atoms with Gasteiger partial charge in [0.05, 0.1) is 5.57 Å². The minimum absolute atomic E-state index is 0.110. The molecule has 0 saturated carbocycles. The molecule has 0 saturated heterocycles. The Morgan fingerprint density at radius 3 is 2.20 bits per heavy atom. The van der Waals surface area contributed by atoms with Crippen LogP contribution in [-0.4, -0.2) is 12.1 Å². The summed E-state index contributed by atoms with van der Waals surface area (Å²) in [6, 6.07) is 4.39. The van der Waals surface area contributed by atoms with Crippen molar-refractivity contribution < 1.29 is 18.0 Å². The van der Waals surface area contributed by atoms with Crippen molar-refractivity contribution in [2.75, 3.05) is 5.32 Å². The third-order valence-corrected chi connectivity index (χ3v) is 2.77. The Kier molecular flexibility index (Phi) is 4.32. The van der Waals surface area contributed by atoms with E-state index in [1.807, 2.05) is 0 Å². The first-order valence-corrected chi connectivity index (χ1v) is 6.11. The summed E-state index contributed by atoms with van der Waals surface area (Å²) in [6.45, 7) is 9.90. The summed E-state index contributed by atoms with van der Waals surface area (Å²) in [5.74, 6) is -0.348.